The SMILES string of the molecule is CNC(=O)c1ccc(Nc2cc(-c3ccc4c(c3)ncn4C)nc(N3CCOCC3)n2)cc1. The number of ether oxygens (including phenoxy) is 1. The van der Waals surface area contributed by atoms with Crippen LogP contribution in [-0.2, 0) is 11.8 Å². The predicted octanol–water partition coefficient (Wildman–Crippen LogP) is 2.97. The first kappa shape index (κ1) is 20.9. The predicted molar refractivity (Wildman–Crippen MR) is 128 cm³/mol. The van der Waals surface area contributed by atoms with Gasteiger partial charge in [0.15, 0.2) is 0 Å². The lowest BCUT2D eigenvalue weighted by Crippen LogP contribution is -2.37. The van der Waals surface area contributed by atoms with Gasteiger partial charge in [-0.25, -0.2) is 9.97 Å². The topological polar surface area (TPSA) is 97.2 Å². The van der Waals surface area contributed by atoms with E-state index in [0.717, 1.165) is 41.1 Å². The molecule has 0 radical (unpaired) electrons. The number of rotatable bonds is 5. The number of fused-ring (bicyclic) bond motifs is 1. The van der Waals surface area contributed by atoms with Crippen LogP contribution in [0, 0.1) is 0 Å². The van der Waals surface area contributed by atoms with E-state index in [4.69, 9.17) is 14.7 Å². The number of amides is 1. The summed E-state index contributed by atoms with van der Waals surface area (Å²) in [6, 6.07) is 15.4. The van der Waals surface area contributed by atoms with Crippen molar-refractivity contribution in [2.24, 2.45) is 7.05 Å². The van der Waals surface area contributed by atoms with Crippen LogP contribution in [0.4, 0.5) is 17.5 Å². The fourth-order valence-electron chi connectivity index (χ4n) is 3.84. The molecule has 1 fully saturated rings. The highest BCUT2D eigenvalue weighted by Gasteiger charge is 2.17. The molecule has 0 spiro atoms. The van der Waals surface area contributed by atoms with Crippen LogP contribution in [0.1, 0.15) is 10.4 Å². The number of nitrogens with zero attached hydrogens (tertiary/aromatic N) is 5. The fourth-order valence-corrected chi connectivity index (χ4v) is 3.84. The van der Waals surface area contributed by atoms with Gasteiger partial charge in [-0.3, -0.25) is 4.79 Å². The summed E-state index contributed by atoms with van der Waals surface area (Å²) in [6.07, 6.45) is 1.81. The summed E-state index contributed by atoms with van der Waals surface area (Å²) in [6.45, 7) is 2.78. The van der Waals surface area contributed by atoms with Crippen molar-refractivity contribution in [2.75, 3.05) is 43.6 Å². The van der Waals surface area contributed by atoms with Crippen molar-refractivity contribution < 1.29 is 9.53 Å². The summed E-state index contributed by atoms with van der Waals surface area (Å²) < 4.78 is 7.49. The van der Waals surface area contributed by atoms with E-state index in [2.05, 4.69) is 32.7 Å². The van der Waals surface area contributed by atoms with Crippen LogP contribution in [0.2, 0.25) is 0 Å². The molecule has 3 heterocycles. The van der Waals surface area contributed by atoms with Gasteiger partial charge in [-0.15, -0.1) is 0 Å². The van der Waals surface area contributed by atoms with E-state index in [9.17, 15) is 4.79 Å². The fraction of sp³-hybridized carbons (Fsp3) is 0.250. The molecule has 2 aromatic heterocycles. The molecule has 0 saturated carbocycles. The van der Waals surface area contributed by atoms with Crippen LogP contribution in [0.3, 0.4) is 0 Å². The standard InChI is InChI=1S/C24H25N7O2/c1-25-23(32)16-3-6-18(7-4-16)27-22-14-19(28-24(29-22)31-9-11-33-12-10-31)17-5-8-21-20(13-17)26-15-30(21)2/h3-8,13-15H,9-12H2,1-2H3,(H,25,32)(H,27,28,29). The van der Waals surface area contributed by atoms with Crippen LogP contribution < -0.4 is 15.5 Å². The van der Waals surface area contributed by atoms with Crippen LogP contribution in [0.25, 0.3) is 22.3 Å². The first-order valence-electron chi connectivity index (χ1n) is 10.8. The van der Waals surface area contributed by atoms with Gasteiger partial charge in [-0.1, -0.05) is 6.07 Å². The third-order valence-electron chi connectivity index (χ3n) is 5.68. The molecule has 0 atom stereocenters. The number of hydrogen-bond acceptors (Lipinski definition) is 7. The summed E-state index contributed by atoms with van der Waals surface area (Å²) in [5.41, 5.74) is 5.20. The number of hydrogen-bond donors (Lipinski definition) is 2. The van der Waals surface area contributed by atoms with Gasteiger partial charge in [0.1, 0.15) is 5.82 Å². The van der Waals surface area contributed by atoms with E-state index < -0.39 is 0 Å². The molecule has 4 aromatic rings. The molecule has 1 aliphatic heterocycles. The molecule has 0 unspecified atom stereocenters. The van der Waals surface area contributed by atoms with Crippen molar-refractivity contribution in [2.45, 2.75) is 0 Å². The monoisotopic (exact) mass is 443 g/mol. The molecule has 9 nitrogen and oxygen atoms in total. The summed E-state index contributed by atoms with van der Waals surface area (Å²) in [5, 5.41) is 5.99. The van der Waals surface area contributed by atoms with Crippen LogP contribution in [0.5, 0.6) is 0 Å². The Morgan fingerprint density at radius 3 is 2.58 bits per heavy atom. The second-order valence-corrected chi connectivity index (χ2v) is 7.88. The molecule has 1 saturated heterocycles. The third-order valence-corrected chi connectivity index (χ3v) is 5.68. The van der Waals surface area contributed by atoms with E-state index in [-0.39, 0.29) is 5.91 Å². The average Bonchev–Trinajstić information content (AvgIpc) is 3.24. The summed E-state index contributed by atoms with van der Waals surface area (Å²) >= 11 is 0. The zero-order valence-electron chi connectivity index (χ0n) is 18.6. The number of morpholine rings is 1. The number of benzene rings is 2. The molecule has 1 amide bonds. The Bertz CT molecular complexity index is 1290. The molecular weight excluding hydrogens is 418 g/mol. The van der Waals surface area contributed by atoms with E-state index in [0.29, 0.717) is 30.5 Å². The zero-order chi connectivity index (χ0) is 22.8. The molecule has 2 aromatic carbocycles. The minimum absolute atomic E-state index is 0.120. The van der Waals surface area contributed by atoms with Gasteiger partial charge in [0, 0.05) is 50.1 Å². The molecule has 1 aliphatic rings. The lowest BCUT2D eigenvalue weighted by Gasteiger charge is -2.27. The van der Waals surface area contributed by atoms with Gasteiger partial charge >= 0.3 is 0 Å². The summed E-state index contributed by atoms with van der Waals surface area (Å²) in [7, 11) is 3.60. The highest BCUT2D eigenvalue weighted by atomic mass is 16.5. The molecule has 9 heteroatoms. The van der Waals surface area contributed by atoms with E-state index in [1.165, 1.54) is 0 Å². The van der Waals surface area contributed by atoms with Crippen molar-refractivity contribution in [3.63, 3.8) is 0 Å². The maximum atomic E-state index is 11.8. The molecule has 0 bridgehead atoms. The smallest absolute Gasteiger partial charge is 0.251 e. The van der Waals surface area contributed by atoms with E-state index >= 15 is 0 Å². The van der Waals surface area contributed by atoms with Crippen molar-refractivity contribution in [3.8, 4) is 11.3 Å². The highest BCUT2D eigenvalue weighted by molar-refractivity contribution is 5.94. The zero-order valence-corrected chi connectivity index (χ0v) is 18.6. The second-order valence-electron chi connectivity index (χ2n) is 7.88. The number of aromatic nitrogens is 4. The minimum atomic E-state index is -0.120. The number of nitrogens with one attached hydrogen (secondary N) is 2. The maximum absolute atomic E-state index is 11.8. The van der Waals surface area contributed by atoms with Crippen LogP contribution in [0.15, 0.2) is 54.9 Å². The molecule has 168 valence electrons. The van der Waals surface area contributed by atoms with Gasteiger partial charge in [0.05, 0.1) is 36.3 Å². The normalized spacial score (nSPS) is 13.8. The van der Waals surface area contributed by atoms with Gasteiger partial charge < -0.3 is 24.8 Å². The Morgan fingerprint density at radius 1 is 1.03 bits per heavy atom. The molecule has 2 N–H and O–H groups in total. The second kappa shape index (κ2) is 8.87. The van der Waals surface area contributed by atoms with Gasteiger partial charge in [0.25, 0.3) is 5.91 Å². The van der Waals surface area contributed by atoms with Gasteiger partial charge in [-0.05, 0) is 36.4 Å². The number of imidazole rings is 1. The largest absolute Gasteiger partial charge is 0.378 e. The number of anilines is 3. The Hall–Kier alpha value is -3.98. The van der Waals surface area contributed by atoms with Crippen LogP contribution >= 0.6 is 0 Å². The average molecular weight is 444 g/mol. The quantitative estimate of drug-likeness (QED) is 0.489. The van der Waals surface area contributed by atoms with Gasteiger partial charge in [-0.2, -0.15) is 4.98 Å². The third kappa shape index (κ3) is 4.35. The van der Waals surface area contributed by atoms with E-state index in [1.807, 2.05) is 42.2 Å². The molecule has 33 heavy (non-hydrogen) atoms. The number of aryl methyl sites for hydroxylation is 1. The lowest BCUT2D eigenvalue weighted by molar-refractivity contribution is 0.0963. The Kier molecular flexibility index (Phi) is 5.62. The first-order chi connectivity index (χ1) is 16.1. The van der Waals surface area contributed by atoms with Crippen molar-refractivity contribution in [1.82, 2.24) is 24.8 Å². The Balaban J connectivity index is 1.51. The van der Waals surface area contributed by atoms with Gasteiger partial charge in [0.2, 0.25) is 5.95 Å². The summed E-state index contributed by atoms with van der Waals surface area (Å²) in [5.74, 6) is 1.21. The van der Waals surface area contributed by atoms with Crippen molar-refractivity contribution in [1.29, 1.82) is 0 Å². The molecule has 0 aliphatic carbocycles. The minimum Gasteiger partial charge on any atom is -0.378 e. The van der Waals surface area contributed by atoms with Crippen molar-refractivity contribution >= 4 is 34.4 Å². The highest BCUT2D eigenvalue weighted by Crippen LogP contribution is 2.27. The molecule has 5 rings (SSSR count). The first-order valence-corrected chi connectivity index (χ1v) is 10.8. The van der Waals surface area contributed by atoms with Crippen molar-refractivity contribution in [3.05, 3.63) is 60.4 Å². The maximum Gasteiger partial charge on any atom is 0.251 e. The molecular formula is C24H25N7O2. The number of carbonyl (C=O) groups excluding carboxylic acids is 1. The van der Waals surface area contributed by atoms with Crippen LogP contribution in [-0.4, -0.2) is 58.8 Å². The Labute approximate surface area is 191 Å². The lowest BCUT2D eigenvalue weighted by atomic mass is 10.1. The summed E-state index contributed by atoms with van der Waals surface area (Å²) in [4.78, 5) is 28.1. The number of carbonyl (C=O) groups is 1. The van der Waals surface area contributed by atoms with E-state index in [1.54, 1.807) is 19.2 Å². The Morgan fingerprint density at radius 2 is 1.82 bits per heavy atom.